The largest absolute Gasteiger partial charge is 0.446 e. The van der Waals surface area contributed by atoms with Crippen molar-refractivity contribution < 1.29 is 9.53 Å². The molecule has 0 aliphatic carbocycles. The van der Waals surface area contributed by atoms with Crippen molar-refractivity contribution in [2.75, 3.05) is 5.43 Å². The summed E-state index contributed by atoms with van der Waals surface area (Å²) in [6.07, 6.45) is -0.673. The molecule has 0 spiro atoms. The van der Waals surface area contributed by atoms with Crippen molar-refractivity contribution >= 4 is 27.7 Å². The van der Waals surface area contributed by atoms with Gasteiger partial charge < -0.3 is 4.74 Å². The van der Waals surface area contributed by atoms with Crippen molar-refractivity contribution in [2.24, 2.45) is 0 Å². The van der Waals surface area contributed by atoms with E-state index in [0.717, 1.165) is 21.3 Å². The van der Waals surface area contributed by atoms with E-state index in [1.54, 1.807) is 13.8 Å². The van der Waals surface area contributed by atoms with Gasteiger partial charge in [0.1, 0.15) is 0 Å². The van der Waals surface area contributed by atoms with Crippen LogP contribution in [0.2, 0.25) is 0 Å². The predicted molar refractivity (Wildman–Crippen MR) is 88.0 cm³/mol. The molecule has 2 aromatic rings. The average molecular weight is 349 g/mol. The minimum absolute atomic E-state index is 0.161. The lowest BCUT2D eigenvalue weighted by Crippen LogP contribution is -2.31. The van der Waals surface area contributed by atoms with Gasteiger partial charge in [-0.05, 0) is 53.0 Å². The van der Waals surface area contributed by atoms with Crippen LogP contribution in [0.3, 0.4) is 0 Å². The average Bonchev–Trinajstić information content (AvgIpc) is 2.46. The number of hydrogen-bond acceptors (Lipinski definition) is 3. The fourth-order valence-electron chi connectivity index (χ4n) is 1.79. The Bertz CT molecular complexity index is 615. The Morgan fingerprint density at radius 3 is 2.48 bits per heavy atom. The van der Waals surface area contributed by atoms with Gasteiger partial charge in [0.25, 0.3) is 0 Å². The van der Waals surface area contributed by atoms with E-state index in [1.165, 1.54) is 0 Å². The summed E-state index contributed by atoms with van der Waals surface area (Å²) in [5.41, 5.74) is 8.29. The summed E-state index contributed by atoms with van der Waals surface area (Å²) in [6.45, 7) is 3.59. The van der Waals surface area contributed by atoms with Gasteiger partial charge in [-0.1, -0.05) is 36.4 Å². The molecule has 110 valence electrons. The van der Waals surface area contributed by atoms with Crippen LogP contribution in [0, 0.1) is 0 Å². The third-order valence-corrected chi connectivity index (χ3v) is 3.41. The first-order valence-corrected chi connectivity index (χ1v) is 7.43. The Morgan fingerprint density at radius 2 is 1.81 bits per heavy atom. The lowest BCUT2D eigenvalue weighted by atomic mass is 10.1. The van der Waals surface area contributed by atoms with Gasteiger partial charge in [0.05, 0.1) is 11.8 Å². The van der Waals surface area contributed by atoms with E-state index < -0.39 is 6.09 Å². The molecule has 0 unspecified atom stereocenters. The van der Waals surface area contributed by atoms with Gasteiger partial charge in [0.15, 0.2) is 0 Å². The van der Waals surface area contributed by atoms with Crippen molar-refractivity contribution in [1.29, 1.82) is 0 Å². The van der Waals surface area contributed by atoms with E-state index in [1.807, 2.05) is 48.5 Å². The molecule has 0 heterocycles. The highest BCUT2D eigenvalue weighted by Crippen LogP contribution is 2.28. The summed E-state index contributed by atoms with van der Waals surface area (Å²) < 4.78 is 5.85. The van der Waals surface area contributed by atoms with Crippen molar-refractivity contribution in [2.45, 2.75) is 20.0 Å². The van der Waals surface area contributed by atoms with E-state index in [9.17, 15) is 4.79 Å². The van der Waals surface area contributed by atoms with Crippen LogP contribution in [0.15, 0.2) is 53.0 Å². The molecule has 2 aromatic carbocycles. The summed E-state index contributed by atoms with van der Waals surface area (Å²) >= 11 is 3.45. The number of carbonyl (C=O) groups excluding carboxylic acids is 1. The number of hydrazine groups is 1. The monoisotopic (exact) mass is 348 g/mol. The molecule has 0 fully saturated rings. The Balaban J connectivity index is 2.11. The standard InChI is InChI=1S/C16H17BrN2O2/c1-11(2)21-16(20)19-18-15-10-13(8-9-14(15)17)12-6-4-3-5-7-12/h3-11,18H,1-2H3,(H,19,20). The highest BCUT2D eigenvalue weighted by Gasteiger charge is 2.07. The van der Waals surface area contributed by atoms with Crippen LogP contribution < -0.4 is 10.9 Å². The lowest BCUT2D eigenvalue weighted by Gasteiger charge is -2.13. The maximum atomic E-state index is 11.5. The number of carbonyl (C=O) groups is 1. The number of rotatable bonds is 4. The number of halogens is 1. The fourth-order valence-corrected chi connectivity index (χ4v) is 2.14. The first-order valence-electron chi connectivity index (χ1n) is 6.64. The number of hydrogen-bond donors (Lipinski definition) is 2. The van der Waals surface area contributed by atoms with Crippen LogP contribution in [-0.4, -0.2) is 12.2 Å². The van der Waals surface area contributed by atoms with Crippen LogP contribution in [-0.2, 0) is 4.74 Å². The van der Waals surface area contributed by atoms with Crippen molar-refractivity contribution in [3.63, 3.8) is 0 Å². The third kappa shape index (κ3) is 4.49. The number of nitrogens with one attached hydrogen (secondary N) is 2. The number of anilines is 1. The van der Waals surface area contributed by atoms with E-state index in [-0.39, 0.29) is 6.10 Å². The second-order valence-electron chi connectivity index (χ2n) is 4.76. The van der Waals surface area contributed by atoms with Crippen LogP contribution in [0.5, 0.6) is 0 Å². The second kappa shape index (κ2) is 7.13. The minimum atomic E-state index is -0.512. The molecular weight excluding hydrogens is 332 g/mol. The molecule has 5 heteroatoms. The Morgan fingerprint density at radius 1 is 1.10 bits per heavy atom. The summed E-state index contributed by atoms with van der Waals surface area (Å²) in [5, 5.41) is 0. The fraction of sp³-hybridized carbons (Fsp3) is 0.188. The van der Waals surface area contributed by atoms with Crippen LogP contribution in [0.4, 0.5) is 10.5 Å². The third-order valence-electron chi connectivity index (χ3n) is 2.72. The van der Waals surface area contributed by atoms with Crippen LogP contribution in [0.1, 0.15) is 13.8 Å². The molecule has 4 nitrogen and oxygen atoms in total. The SMILES string of the molecule is CC(C)OC(=O)NNc1cc(-c2ccccc2)ccc1Br. The van der Waals surface area contributed by atoms with E-state index in [4.69, 9.17) is 4.74 Å². The Kier molecular flexibility index (Phi) is 5.22. The molecule has 0 saturated heterocycles. The van der Waals surface area contributed by atoms with Gasteiger partial charge in [-0.15, -0.1) is 0 Å². The van der Waals surface area contributed by atoms with Gasteiger partial charge in [0, 0.05) is 4.47 Å². The quantitative estimate of drug-likeness (QED) is 0.795. The highest BCUT2D eigenvalue weighted by molar-refractivity contribution is 9.10. The minimum Gasteiger partial charge on any atom is -0.446 e. The number of ether oxygens (including phenoxy) is 1. The molecular formula is C16H17BrN2O2. The van der Waals surface area contributed by atoms with Gasteiger partial charge in [0.2, 0.25) is 0 Å². The smallest absolute Gasteiger partial charge is 0.426 e. The highest BCUT2D eigenvalue weighted by atomic mass is 79.9. The van der Waals surface area contributed by atoms with Crippen molar-refractivity contribution in [1.82, 2.24) is 5.43 Å². The molecule has 0 atom stereocenters. The van der Waals surface area contributed by atoms with Crippen LogP contribution >= 0.6 is 15.9 Å². The van der Waals surface area contributed by atoms with Crippen molar-refractivity contribution in [3.8, 4) is 11.1 Å². The van der Waals surface area contributed by atoms with Gasteiger partial charge >= 0.3 is 6.09 Å². The molecule has 0 bridgehead atoms. The maximum Gasteiger partial charge on any atom is 0.426 e. The molecule has 2 rings (SSSR count). The van der Waals surface area contributed by atoms with Gasteiger partial charge in [-0.2, -0.15) is 0 Å². The maximum absolute atomic E-state index is 11.5. The summed E-state index contributed by atoms with van der Waals surface area (Å²) in [6, 6.07) is 15.9. The zero-order valence-electron chi connectivity index (χ0n) is 11.9. The Labute approximate surface area is 132 Å². The first kappa shape index (κ1) is 15.4. The second-order valence-corrected chi connectivity index (χ2v) is 5.62. The zero-order valence-corrected chi connectivity index (χ0v) is 13.5. The van der Waals surface area contributed by atoms with E-state index in [0.29, 0.717) is 0 Å². The van der Waals surface area contributed by atoms with Gasteiger partial charge in [-0.3, -0.25) is 5.43 Å². The van der Waals surface area contributed by atoms with Crippen LogP contribution in [0.25, 0.3) is 11.1 Å². The molecule has 0 aromatic heterocycles. The normalized spacial score (nSPS) is 10.3. The topological polar surface area (TPSA) is 50.4 Å². The zero-order chi connectivity index (χ0) is 15.2. The first-order chi connectivity index (χ1) is 10.1. The molecule has 21 heavy (non-hydrogen) atoms. The lowest BCUT2D eigenvalue weighted by molar-refractivity contribution is 0.117. The molecule has 0 aliphatic heterocycles. The molecule has 2 N–H and O–H groups in total. The molecule has 0 saturated carbocycles. The number of amides is 1. The predicted octanol–water partition coefficient (Wildman–Crippen LogP) is 4.58. The van der Waals surface area contributed by atoms with Crippen molar-refractivity contribution in [3.05, 3.63) is 53.0 Å². The Hall–Kier alpha value is -2.01. The molecule has 0 aliphatic rings. The van der Waals surface area contributed by atoms with E-state index in [2.05, 4.69) is 26.8 Å². The summed E-state index contributed by atoms with van der Waals surface area (Å²) in [5.74, 6) is 0. The molecule has 1 amide bonds. The van der Waals surface area contributed by atoms with E-state index >= 15 is 0 Å². The van der Waals surface area contributed by atoms with Gasteiger partial charge in [-0.25, -0.2) is 10.2 Å². The summed E-state index contributed by atoms with van der Waals surface area (Å²) in [4.78, 5) is 11.5. The summed E-state index contributed by atoms with van der Waals surface area (Å²) in [7, 11) is 0. The number of benzene rings is 2. The molecule has 0 radical (unpaired) electrons.